The van der Waals surface area contributed by atoms with Crippen molar-refractivity contribution in [2.24, 2.45) is 0 Å². The predicted molar refractivity (Wildman–Crippen MR) is 112 cm³/mol. The first-order valence-electron chi connectivity index (χ1n) is 9.91. The number of aromatic amines is 1. The molecule has 1 aromatic heterocycles. The lowest BCUT2D eigenvalue weighted by Crippen LogP contribution is -2.57. The van der Waals surface area contributed by atoms with Crippen molar-refractivity contribution in [2.75, 3.05) is 20.2 Å². The summed E-state index contributed by atoms with van der Waals surface area (Å²) in [6, 6.07) is 12.6. The number of H-pyrrole nitrogens is 1. The van der Waals surface area contributed by atoms with Gasteiger partial charge in [0, 0.05) is 54.9 Å². The lowest BCUT2D eigenvalue weighted by molar-refractivity contribution is 0.0288. The molecule has 1 fully saturated rings. The van der Waals surface area contributed by atoms with E-state index in [9.17, 15) is 9.18 Å². The monoisotopic (exact) mass is 395 g/mol. The van der Waals surface area contributed by atoms with Crippen LogP contribution in [0.15, 0.2) is 48.7 Å². The average molecular weight is 395 g/mol. The molecule has 0 aliphatic carbocycles. The molecule has 2 heterocycles. The first kappa shape index (κ1) is 19.5. The van der Waals surface area contributed by atoms with Crippen molar-refractivity contribution >= 4 is 16.8 Å². The number of methoxy groups -OCH3 is 1. The molecule has 4 rings (SSSR count). The Bertz CT molecular complexity index is 1010. The zero-order valence-corrected chi connectivity index (χ0v) is 17.0. The van der Waals surface area contributed by atoms with Crippen LogP contribution in [0.4, 0.5) is 4.39 Å². The van der Waals surface area contributed by atoms with Crippen molar-refractivity contribution in [3.8, 4) is 5.75 Å². The summed E-state index contributed by atoms with van der Waals surface area (Å²) in [6.07, 6.45) is 1.86. The molecule has 0 spiro atoms. The lowest BCUT2D eigenvalue weighted by atomic mass is 10.0. The van der Waals surface area contributed by atoms with Gasteiger partial charge in [0.05, 0.1) is 12.7 Å². The number of ether oxygens (including phenoxy) is 1. The fourth-order valence-corrected chi connectivity index (χ4v) is 4.10. The van der Waals surface area contributed by atoms with Crippen molar-refractivity contribution in [1.29, 1.82) is 0 Å². The highest BCUT2D eigenvalue weighted by atomic mass is 19.1. The quantitative estimate of drug-likeness (QED) is 0.725. The van der Waals surface area contributed by atoms with Crippen molar-refractivity contribution in [3.05, 3.63) is 65.6 Å². The van der Waals surface area contributed by atoms with E-state index in [1.165, 1.54) is 12.1 Å². The second-order valence-corrected chi connectivity index (χ2v) is 7.83. The van der Waals surface area contributed by atoms with Gasteiger partial charge in [0.15, 0.2) is 0 Å². The number of piperazine rings is 1. The highest BCUT2D eigenvalue weighted by Crippen LogP contribution is 2.28. The summed E-state index contributed by atoms with van der Waals surface area (Å²) in [6.45, 7) is 6.34. The molecule has 0 saturated carbocycles. The van der Waals surface area contributed by atoms with Crippen molar-refractivity contribution in [1.82, 2.24) is 14.8 Å². The third kappa shape index (κ3) is 3.85. The molecule has 2 atom stereocenters. The number of fused-ring (bicyclic) bond motifs is 1. The number of nitrogens with zero attached hydrogens (tertiary/aromatic N) is 2. The molecule has 2 aromatic carbocycles. The van der Waals surface area contributed by atoms with Crippen LogP contribution in [0.1, 0.15) is 29.8 Å². The SMILES string of the molecule is COc1cc2[nH]ccc2cc1C(=O)N1C[C@H](C)N(Cc2ccc(F)cc2)C[C@H]1C. The summed E-state index contributed by atoms with van der Waals surface area (Å²) < 4.78 is 18.7. The first-order valence-corrected chi connectivity index (χ1v) is 9.91. The van der Waals surface area contributed by atoms with Crippen LogP contribution in [0.3, 0.4) is 0 Å². The van der Waals surface area contributed by atoms with Crippen LogP contribution in [0.2, 0.25) is 0 Å². The number of carbonyl (C=O) groups excluding carboxylic acids is 1. The number of hydrogen-bond donors (Lipinski definition) is 1. The van der Waals surface area contributed by atoms with Crippen LogP contribution in [-0.2, 0) is 6.54 Å². The van der Waals surface area contributed by atoms with Gasteiger partial charge in [-0.2, -0.15) is 0 Å². The Labute approximate surface area is 170 Å². The van der Waals surface area contributed by atoms with Gasteiger partial charge >= 0.3 is 0 Å². The standard InChI is InChI=1S/C23H26FN3O2/c1-15-13-27(16(2)12-26(15)14-17-4-6-19(24)7-5-17)23(28)20-10-18-8-9-25-21(18)11-22(20)29-3/h4-11,15-16,25H,12-14H2,1-3H3/t15-,16+/m0/s1. The van der Waals surface area contributed by atoms with E-state index in [0.717, 1.165) is 29.6 Å². The fraction of sp³-hybridized carbons (Fsp3) is 0.348. The number of amides is 1. The van der Waals surface area contributed by atoms with E-state index in [2.05, 4.69) is 23.7 Å². The second-order valence-electron chi connectivity index (χ2n) is 7.83. The molecular formula is C23H26FN3O2. The summed E-state index contributed by atoms with van der Waals surface area (Å²) in [7, 11) is 1.59. The van der Waals surface area contributed by atoms with Gasteiger partial charge in [-0.05, 0) is 43.7 Å². The van der Waals surface area contributed by atoms with Gasteiger partial charge in [-0.25, -0.2) is 4.39 Å². The fourth-order valence-electron chi connectivity index (χ4n) is 4.10. The Hall–Kier alpha value is -2.86. The lowest BCUT2D eigenvalue weighted by Gasteiger charge is -2.44. The molecule has 1 N–H and O–H groups in total. The van der Waals surface area contributed by atoms with Crippen LogP contribution < -0.4 is 4.74 Å². The Morgan fingerprint density at radius 1 is 1.14 bits per heavy atom. The summed E-state index contributed by atoms with van der Waals surface area (Å²) in [5, 5.41) is 0.991. The predicted octanol–water partition coefficient (Wildman–Crippen LogP) is 4.05. The minimum Gasteiger partial charge on any atom is -0.496 e. The molecule has 0 bridgehead atoms. The molecule has 1 saturated heterocycles. The topological polar surface area (TPSA) is 48.6 Å². The largest absolute Gasteiger partial charge is 0.496 e. The Morgan fingerprint density at radius 3 is 2.62 bits per heavy atom. The number of nitrogens with one attached hydrogen (secondary N) is 1. The number of rotatable bonds is 4. The third-order valence-electron chi connectivity index (χ3n) is 5.78. The number of benzene rings is 2. The average Bonchev–Trinajstić information content (AvgIpc) is 3.18. The first-order chi connectivity index (χ1) is 14.0. The van der Waals surface area contributed by atoms with Crippen molar-refractivity contribution in [2.45, 2.75) is 32.5 Å². The number of carbonyl (C=O) groups is 1. The van der Waals surface area contributed by atoms with E-state index in [4.69, 9.17) is 4.74 Å². The summed E-state index contributed by atoms with van der Waals surface area (Å²) in [4.78, 5) is 20.8. The molecule has 1 amide bonds. The highest BCUT2D eigenvalue weighted by molar-refractivity contribution is 6.01. The van der Waals surface area contributed by atoms with E-state index < -0.39 is 0 Å². The van der Waals surface area contributed by atoms with Gasteiger partial charge in [0.25, 0.3) is 5.91 Å². The number of aromatic nitrogens is 1. The summed E-state index contributed by atoms with van der Waals surface area (Å²) >= 11 is 0. The summed E-state index contributed by atoms with van der Waals surface area (Å²) in [5.74, 6) is 0.350. The highest BCUT2D eigenvalue weighted by Gasteiger charge is 2.33. The molecule has 5 nitrogen and oxygen atoms in total. The zero-order chi connectivity index (χ0) is 20.5. The Kier molecular flexibility index (Phi) is 5.28. The van der Waals surface area contributed by atoms with Gasteiger partial charge < -0.3 is 14.6 Å². The van der Waals surface area contributed by atoms with Crippen LogP contribution in [-0.4, -0.2) is 53.0 Å². The van der Waals surface area contributed by atoms with Gasteiger partial charge in [-0.1, -0.05) is 12.1 Å². The molecule has 0 radical (unpaired) electrons. The Morgan fingerprint density at radius 2 is 1.90 bits per heavy atom. The maximum atomic E-state index is 13.4. The molecule has 1 aliphatic heterocycles. The van der Waals surface area contributed by atoms with E-state index in [1.807, 2.05) is 41.4 Å². The maximum absolute atomic E-state index is 13.4. The van der Waals surface area contributed by atoms with E-state index >= 15 is 0 Å². The van der Waals surface area contributed by atoms with Gasteiger partial charge in [-0.15, -0.1) is 0 Å². The molecular weight excluding hydrogens is 369 g/mol. The molecule has 6 heteroatoms. The van der Waals surface area contributed by atoms with E-state index in [-0.39, 0.29) is 23.8 Å². The molecule has 0 unspecified atom stereocenters. The number of hydrogen-bond acceptors (Lipinski definition) is 3. The van der Waals surface area contributed by atoms with E-state index in [0.29, 0.717) is 17.9 Å². The van der Waals surface area contributed by atoms with Crippen LogP contribution in [0.25, 0.3) is 10.9 Å². The van der Waals surface area contributed by atoms with Crippen molar-refractivity contribution in [3.63, 3.8) is 0 Å². The number of halogens is 1. The van der Waals surface area contributed by atoms with Gasteiger partial charge in [0.2, 0.25) is 0 Å². The van der Waals surface area contributed by atoms with E-state index in [1.54, 1.807) is 7.11 Å². The van der Waals surface area contributed by atoms with Crippen LogP contribution >= 0.6 is 0 Å². The molecule has 1 aliphatic rings. The summed E-state index contributed by atoms with van der Waals surface area (Å²) in [5.41, 5.74) is 2.61. The second kappa shape index (κ2) is 7.87. The zero-order valence-electron chi connectivity index (χ0n) is 17.0. The van der Waals surface area contributed by atoms with Gasteiger partial charge in [-0.3, -0.25) is 9.69 Å². The minimum atomic E-state index is -0.223. The van der Waals surface area contributed by atoms with Gasteiger partial charge in [0.1, 0.15) is 11.6 Å². The normalized spacial score (nSPS) is 20.2. The smallest absolute Gasteiger partial charge is 0.257 e. The third-order valence-corrected chi connectivity index (χ3v) is 5.78. The maximum Gasteiger partial charge on any atom is 0.257 e. The Balaban J connectivity index is 1.53. The van der Waals surface area contributed by atoms with Crippen LogP contribution in [0.5, 0.6) is 5.75 Å². The molecule has 29 heavy (non-hydrogen) atoms. The molecule has 3 aromatic rings. The minimum absolute atomic E-state index is 0.00858. The molecule has 152 valence electrons. The van der Waals surface area contributed by atoms with Crippen molar-refractivity contribution < 1.29 is 13.9 Å². The van der Waals surface area contributed by atoms with Crippen LogP contribution in [0, 0.1) is 5.82 Å².